The highest BCUT2D eigenvalue weighted by Crippen LogP contribution is 2.26. The third-order valence-electron chi connectivity index (χ3n) is 3.46. The summed E-state index contributed by atoms with van der Waals surface area (Å²) in [5, 5.41) is 16.3. The lowest BCUT2D eigenvalue weighted by atomic mass is 10.1. The second-order valence-electron chi connectivity index (χ2n) is 4.89. The number of nitrogens with one attached hydrogen (secondary N) is 1. The predicted molar refractivity (Wildman–Crippen MR) is 75.5 cm³/mol. The fourth-order valence-electron chi connectivity index (χ4n) is 2.59. The average Bonchev–Trinajstić information content (AvgIpc) is 2.73. The first-order valence-electron chi connectivity index (χ1n) is 6.86. The molecule has 8 heteroatoms. The molecule has 2 N–H and O–H groups in total. The van der Waals surface area contributed by atoms with Gasteiger partial charge in [0.2, 0.25) is 5.91 Å². The summed E-state index contributed by atoms with van der Waals surface area (Å²) in [4.78, 5) is 25.4. The van der Waals surface area contributed by atoms with Crippen molar-refractivity contribution in [1.82, 2.24) is 15.1 Å². The number of carbonyl (C=O) groups excluding carboxylic acids is 1. The molecule has 1 fully saturated rings. The fraction of sp³-hybridized carbons (Fsp3) is 0.615. The van der Waals surface area contributed by atoms with Gasteiger partial charge in [-0.05, 0) is 13.8 Å². The molecule has 1 amide bonds. The number of hydrogen-bond donors (Lipinski definition) is 2. The minimum Gasteiger partial charge on any atom is -0.477 e. The van der Waals surface area contributed by atoms with Crippen LogP contribution in [0.15, 0.2) is 0 Å². The largest absolute Gasteiger partial charge is 0.477 e. The number of aromatic carboxylic acids is 1. The molecule has 1 aromatic rings. The number of nitrogens with zero attached hydrogens (tertiary/aromatic N) is 3. The van der Waals surface area contributed by atoms with E-state index in [1.165, 1.54) is 4.68 Å². The molecule has 1 unspecified atom stereocenters. The van der Waals surface area contributed by atoms with Crippen LogP contribution in [-0.2, 0) is 16.6 Å². The Morgan fingerprint density at radius 2 is 2.24 bits per heavy atom. The summed E-state index contributed by atoms with van der Waals surface area (Å²) in [7, 11) is 1.68. The highest BCUT2D eigenvalue weighted by molar-refractivity contribution is 5.96. The van der Waals surface area contributed by atoms with E-state index in [9.17, 15) is 14.7 Å². The van der Waals surface area contributed by atoms with E-state index in [-0.39, 0.29) is 18.1 Å². The third kappa shape index (κ3) is 2.85. The van der Waals surface area contributed by atoms with Gasteiger partial charge >= 0.3 is 5.97 Å². The van der Waals surface area contributed by atoms with E-state index in [1.807, 2.05) is 6.92 Å². The van der Waals surface area contributed by atoms with Gasteiger partial charge in [-0.2, -0.15) is 5.10 Å². The van der Waals surface area contributed by atoms with Crippen molar-refractivity contribution in [2.24, 2.45) is 7.05 Å². The number of aromatic nitrogens is 2. The molecule has 8 nitrogen and oxygen atoms in total. The Morgan fingerprint density at radius 1 is 1.52 bits per heavy atom. The van der Waals surface area contributed by atoms with Crippen LogP contribution in [0.3, 0.4) is 0 Å². The van der Waals surface area contributed by atoms with E-state index in [0.717, 1.165) is 0 Å². The summed E-state index contributed by atoms with van der Waals surface area (Å²) in [6.07, 6.45) is 0. The van der Waals surface area contributed by atoms with Crippen molar-refractivity contribution in [3.8, 4) is 0 Å². The lowest BCUT2D eigenvalue weighted by Crippen LogP contribution is -2.54. The van der Waals surface area contributed by atoms with Gasteiger partial charge < -0.3 is 20.1 Å². The molecule has 1 aromatic heterocycles. The fourth-order valence-corrected chi connectivity index (χ4v) is 2.59. The summed E-state index contributed by atoms with van der Waals surface area (Å²) in [5.74, 6) is -0.774. The topological polar surface area (TPSA) is 96.7 Å². The second kappa shape index (κ2) is 6.13. The maximum Gasteiger partial charge on any atom is 0.341 e. The number of likely N-dealkylation sites (N-methyl/N-ethyl adjacent to an activating group) is 1. The van der Waals surface area contributed by atoms with Crippen molar-refractivity contribution in [3.63, 3.8) is 0 Å². The molecule has 1 atom stereocenters. The molecular formula is C13H20N4O4. The van der Waals surface area contributed by atoms with E-state index in [1.54, 1.807) is 18.9 Å². The van der Waals surface area contributed by atoms with Crippen LogP contribution in [0.5, 0.6) is 0 Å². The molecule has 0 aromatic carbocycles. The molecular weight excluding hydrogens is 276 g/mol. The first kappa shape index (κ1) is 15.3. The number of aryl methyl sites for hydroxylation is 2. The highest BCUT2D eigenvalue weighted by atomic mass is 16.5. The quantitative estimate of drug-likeness (QED) is 0.796. The average molecular weight is 296 g/mol. The van der Waals surface area contributed by atoms with Gasteiger partial charge in [-0.25, -0.2) is 4.79 Å². The lowest BCUT2D eigenvalue weighted by Gasteiger charge is -2.36. The van der Waals surface area contributed by atoms with Gasteiger partial charge in [-0.1, -0.05) is 0 Å². The smallest absolute Gasteiger partial charge is 0.341 e. The van der Waals surface area contributed by atoms with E-state index in [2.05, 4.69) is 10.4 Å². The number of ether oxygens (including phenoxy) is 1. The molecule has 0 spiro atoms. The van der Waals surface area contributed by atoms with Crippen LogP contribution in [0.1, 0.15) is 23.0 Å². The zero-order valence-electron chi connectivity index (χ0n) is 12.4. The Morgan fingerprint density at radius 3 is 2.86 bits per heavy atom. The maximum atomic E-state index is 12.2. The van der Waals surface area contributed by atoms with Crippen LogP contribution in [0.2, 0.25) is 0 Å². The number of carbonyl (C=O) groups is 2. The van der Waals surface area contributed by atoms with Crippen molar-refractivity contribution in [2.75, 3.05) is 31.2 Å². The molecule has 1 aliphatic heterocycles. The molecule has 1 saturated heterocycles. The zero-order chi connectivity index (χ0) is 15.6. The minimum atomic E-state index is -1.04. The Labute approximate surface area is 122 Å². The molecule has 0 aliphatic carbocycles. The van der Waals surface area contributed by atoms with E-state index >= 15 is 0 Å². The van der Waals surface area contributed by atoms with Gasteiger partial charge in [-0.3, -0.25) is 9.48 Å². The van der Waals surface area contributed by atoms with Gasteiger partial charge in [0.15, 0.2) is 0 Å². The van der Waals surface area contributed by atoms with Crippen LogP contribution in [0.4, 0.5) is 5.82 Å². The van der Waals surface area contributed by atoms with Crippen LogP contribution >= 0.6 is 0 Å². The van der Waals surface area contributed by atoms with E-state index in [0.29, 0.717) is 31.2 Å². The van der Waals surface area contributed by atoms with Crippen molar-refractivity contribution in [2.45, 2.75) is 19.9 Å². The van der Waals surface area contributed by atoms with Crippen LogP contribution in [0.25, 0.3) is 0 Å². The number of carboxylic acids is 1. The number of morpholine rings is 1. The Bertz CT molecular complexity index is 555. The van der Waals surface area contributed by atoms with Crippen molar-refractivity contribution < 1.29 is 19.4 Å². The van der Waals surface area contributed by atoms with Crippen LogP contribution in [0, 0.1) is 6.92 Å². The number of anilines is 1. The van der Waals surface area contributed by atoms with Gasteiger partial charge in [0.1, 0.15) is 17.4 Å². The highest BCUT2D eigenvalue weighted by Gasteiger charge is 2.34. The summed E-state index contributed by atoms with van der Waals surface area (Å²) in [5.41, 5.74) is 0.565. The first-order chi connectivity index (χ1) is 9.97. The Hall–Kier alpha value is -2.09. The van der Waals surface area contributed by atoms with Crippen molar-refractivity contribution >= 4 is 17.7 Å². The number of hydrogen-bond acceptors (Lipinski definition) is 5. The standard InChI is InChI=1S/C13H20N4O4/c1-4-14-11(18)9-7-21-6-5-17(9)12-10(13(19)20)8(2)15-16(12)3/h9H,4-7H2,1-3H3,(H,14,18)(H,19,20). The molecule has 116 valence electrons. The number of carboxylic acid groups (broad SMARTS) is 1. The van der Waals surface area contributed by atoms with Gasteiger partial charge in [-0.15, -0.1) is 0 Å². The number of rotatable bonds is 4. The molecule has 0 saturated carbocycles. The molecule has 2 heterocycles. The Kier molecular flexibility index (Phi) is 4.46. The Balaban J connectivity index is 2.42. The summed E-state index contributed by atoms with van der Waals surface area (Å²) in [6, 6.07) is -0.549. The second-order valence-corrected chi connectivity index (χ2v) is 4.89. The molecule has 0 radical (unpaired) electrons. The van der Waals surface area contributed by atoms with Gasteiger partial charge in [0, 0.05) is 20.1 Å². The normalized spacial score (nSPS) is 18.6. The van der Waals surface area contributed by atoms with Crippen molar-refractivity contribution in [1.29, 1.82) is 0 Å². The molecule has 21 heavy (non-hydrogen) atoms. The minimum absolute atomic E-state index is 0.133. The van der Waals surface area contributed by atoms with E-state index in [4.69, 9.17) is 4.74 Å². The molecule has 2 rings (SSSR count). The van der Waals surface area contributed by atoms with Crippen molar-refractivity contribution in [3.05, 3.63) is 11.3 Å². The van der Waals surface area contributed by atoms with Crippen LogP contribution < -0.4 is 10.2 Å². The van der Waals surface area contributed by atoms with Gasteiger partial charge in [0.25, 0.3) is 0 Å². The molecule has 0 bridgehead atoms. The third-order valence-corrected chi connectivity index (χ3v) is 3.46. The monoisotopic (exact) mass is 296 g/mol. The predicted octanol–water partition coefficient (Wildman–Crippen LogP) is -0.232. The first-order valence-corrected chi connectivity index (χ1v) is 6.86. The summed E-state index contributed by atoms with van der Waals surface area (Å²) in [6.45, 7) is 5.12. The van der Waals surface area contributed by atoms with Crippen LogP contribution in [-0.4, -0.2) is 59.1 Å². The summed E-state index contributed by atoms with van der Waals surface area (Å²) >= 11 is 0. The zero-order valence-corrected chi connectivity index (χ0v) is 12.4. The van der Waals surface area contributed by atoms with E-state index < -0.39 is 12.0 Å². The SMILES string of the molecule is CCNC(=O)C1COCCN1c1c(C(=O)O)c(C)nn1C. The molecule has 1 aliphatic rings. The maximum absolute atomic E-state index is 12.2. The summed E-state index contributed by atoms with van der Waals surface area (Å²) < 4.78 is 6.88. The number of amides is 1. The van der Waals surface area contributed by atoms with Gasteiger partial charge in [0.05, 0.1) is 18.9 Å². The lowest BCUT2D eigenvalue weighted by molar-refractivity contribution is -0.124.